The first-order valence-electron chi connectivity index (χ1n) is 6.55. The number of nitrogens with zero attached hydrogens (tertiary/aromatic N) is 1. The van der Waals surface area contributed by atoms with E-state index in [9.17, 15) is 9.59 Å². The summed E-state index contributed by atoms with van der Waals surface area (Å²) >= 11 is 5.90. The molecule has 0 bridgehead atoms. The highest BCUT2D eigenvalue weighted by Gasteiger charge is 2.13. The van der Waals surface area contributed by atoms with Crippen LogP contribution in [0.25, 0.3) is 11.0 Å². The van der Waals surface area contributed by atoms with Crippen LogP contribution in [0.15, 0.2) is 57.9 Å². The number of rotatable bonds is 3. The normalized spacial score (nSPS) is 10.6. The third-order valence-corrected chi connectivity index (χ3v) is 3.33. The van der Waals surface area contributed by atoms with E-state index in [1.807, 2.05) is 6.07 Å². The zero-order valence-corrected chi connectivity index (χ0v) is 12.1. The van der Waals surface area contributed by atoms with E-state index in [2.05, 4.69) is 10.3 Å². The molecule has 2 aromatic heterocycles. The second-order valence-electron chi connectivity index (χ2n) is 4.63. The Morgan fingerprint density at radius 3 is 2.86 bits per heavy atom. The molecule has 5 nitrogen and oxygen atoms in total. The van der Waals surface area contributed by atoms with E-state index in [0.29, 0.717) is 21.7 Å². The number of halogens is 1. The molecule has 1 amide bonds. The van der Waals surface area contributed by atoms with Crippen molar-refractivity contribution in [1.29, 1.82) is 0 Å². The molecule has 22 heavy (non-hydrogen) atoms. The van der Waals surface area contributed by atoms with Gasteiger partial charge in [0.1, 0.15) is 11.1 Å². The van der Waals surface area contributed by atoms with Gasteiger partial charge in [-0.1, -0.05) is 17.7 Å². The van der Waals surface area contributed by atoms with Crippen LogP contribution in [-0.2, 0) is 6.54 Å². The summed E-state index contributed by atoms with van der Waals surface area (Å²) in [5.41, 5.74) is 0.332. The number of carbonyl (C=O) groups is 1. The van der Waals surface area contributed by atoms with Gasteiger partial charge in [-0.2, -0.15) is 0 Å². The molecule has 0 fully saturated rings. The van der Waals surface area contributed by atoms with Crippen molar-refractivity contribution in [2.24, 2.45) is 0 Å². The lowest BCUT2D eigenvalue weighted by atomic mass is 10.2. The van der Waals surface area contributed by atoms with E-state index in [4.69, 9.17) is 16.0 Å². The maximum atomic E-state index is 12.1. The molecule has 6 heteroatoms. The average molecular weight is 315 g/mol. The van der Waals surface area contributed by atoms with Crippen molar-refractivity contribution in [3.05, 3.63) is 75.4 Å². The molecule has 3 aromatic rings. The maximum Gasteiger partial charge on any atom is 0.349 e. The molecule has 0 aliphatic heterocycles. The summed E-state index contributed by atoms with van der Waals surface area (Å²) < 4.78 is 5.13. The minimum Gasteiger partial charge on any atom is -0.422 e. The first-order valence-corrected chi connectivity index (χ1v) is 6.93. The fourth-order valence-corrected chi connectivity index (χ4v) is 2.20. The summed E-state index contributed by atoms with van der Waals surface area (Å²) in [4.78, 5) is 28.1. The highest BCUT2D eigenvalue weighted by Crippen LogP contribution is 2.18. The van der Waals surface area contributed by atoms with Gasteiger partial charge in [0.2, 0.25) is 0 Å². The van der Waals surface area contributed by atoms with Gasteiger partial charge in [-0.15, -0.1) is 0 Å². The maximum absolute atomic E-state index is 12.1. The van der Waals surface area contributed by atoms with Crippen molar-refractivity contribution in [2.75, 3.05) is 0 Å². The first-order chi connectivity index (χ1) is 10.6. The Morgan fingerprint density at radius 1 is 1.23 bits per heavy atom. The standard InChI is InChI=1S/C16H11ClN2O3/c17-11-4-5-14-10(7-11)8-13(16(21)22-14)15(20)19-9-12-3-1-2-6-18-12/h1-8H,9H2,(H,19,20). The van der Waals surface area contributed by atoms with Crippen molar-refractivity contribution < 1.29 is 9.21 Å². The van der Waals surface area contributed by atoms with Gasteiger partial charge in [0.25, 0.3) is 5.91 Å². The van der Waals surface area contributed by atoms with E-state index in [0.717, 1.165) is 0 Å². The molecule has 0 saturated heterocycles. The SMILES string of the molecule is O=C(NCc1ccccn1)c1cc2cc(Cl)ccc2oc1=O. The van der Waals surface area contributed by atoms with Crippen molar-refractivity contribution in [2.45, 2.75) is 6.54 Å². The number of carbonyl (C=O) groups excluding carboxylic acids is 1. The molecule has 0 aliphatic carbocycles. The second-order valence-corrected chi connectivity index (χ2v) is 5.07. The van der Waals surface area contributed by atoms with Crippen LogP contribution in [0.3, 0.4) is 0 Å². The highest BCUT2D eigenvalue weighted by molar-refractivity contribution is 6.31. The Morgan fingerprint density at radius 2 is 2.09 bits per heavy atom. The van der Waals surface area contributed by atoms with E-state index >= 15 is 0 Å². The largest absolute Gasteiger partial charge is 0.422 e. The van der Waals surface area contributed by atoms with E-state index in [1.54, 1.807) is 36.5 Å². The van der Waals surface area contributed by atoms with Crippen molar-refractivity contribution >= 4 is 28.5 Å². The van der Waals surface area contributed by atoms with Crippen molar-refractivity contribution in [3.8, 4) is 0 Å². The number of pyridine rings is 1. The predicted octanol–water partition coefficient (Wildman–Crippen LogP) is 2.77. The van der Waals surface area contributed by atoms with Crippen LogP contribution in [0, 0.1) is 0 Å². The monoisotopic (exact) mass is 314 g/mol. The Bertz CT molecular complexity index is 891. The first kappa shape index (κ1) is 14.3. The number of nitrogens with one attached hydrogen (secondary N) is 1. The molecular formula is C16H11ClN2O3. The zero-order chi connectivity index (χ0) is 15.5. The van der Waals surface area contributed by atoms with Gasteiger partial charge in [-0.05, 0) is 36.4 Å². The molecule has 0 aliphatic rings. The van der Waals surface area contributed by atoms with E-state index in [1.165, 1.54) is 6.07 Å². The molecule has 0 saturated carbocycles. The van der Waals surface area contributed by atoms with Gasteiger partial charge in [0, 0.05) is 16.6 Å². The average Bonchev–Trinajstić information content (AvgIpc) is 2.53. The summed E-state index contributed by atoms with van der Waals surface area (Å²) in [6.07, 6.45) is 1.63. The molecule has 2 heterocycles. The summed E-state index contributed by atoms with van der Waals surface area (Å²) in [7, 11) is 0. The number of fused-ring (bicyclic) bond motifs is 1. The van der Waals surface area contributed by atoms with Gasteiger partial charge in [0.15, 0.2) is 0 Å². The van der Waals surface area contributed by atoms with Crippen LogP contribution in [0.4, 0.5) is 0 Å². The third-order valence-electron chi connectivity index (χ3n) is 3.10. The topological polar surface area (TPSA) is 72.2 Å². The Labute approximate surface area is 130 Å². The summed E-state index contributed by atoms with van der Waals surface area (Å²) in [6, 6.07) is 11.7. The minimum absolute atomic E-state index is 0.0642. The summed E-state index contributed by atoms with van der Waals surface area (Å²) in [5, 5.41) is 3.73. The van der Waals surface area contributed by atoms with E-state index in [-0.39, 0.29) is 12.1 Å². The van der Waals surface area contributed by atoms with Gasteiger partial charge in [0.05, 0.1) is 12.2 Å². The molecule has 1 N–H and O–H groups in total. The van der Waals surface area contributed by atoms with Crippen LogP contribution in [0.1, 0.15) is 16.1 Å². The molecule has 1 aromatic carbocycles. The van der Waals surface area contributed by atoms with Crippen LogP contribution in [0.2, 0.25) is 5.02 Å². The van der Waals surface area contributed by atoms with Crippen molar-refractivity contribution in [1.82, 2.24) is 10.3 Å². The number of hydrogen-bond donors (Lipinski definition) is 1. The van der Waals surface area contributed by atoms with Crippen LogP contribution in [-0.4, -0.2) is 10.9 Å². The highest BCUT2D eigenvalue weighted by atomic mass is 35.5. The molecule has 0 atom stereocenters. The van der Waals surface area contributed by atoms with E-state index < -0.39 is 11.5 Å². The lowest BCUT2D eigenvalue weighted by Gasteiger charge is -2.05. The van der Waals surface area contributed by atoms with Crippen LogP contribution < -0.4 is 10.9 Å². The van der Waals surface area contributed by atoms with Crippen molar-refractivity contribution in [3.63, 3.8) is 0 Å². The Balaban J connectivity index is 1.87. The minimum atomic E-state index is -0.687. The fourth-order valence-electron chi connectivity index (χ4n) is 2.02. The molecule has 3 rings (SSSR count). The second kappa shape index (κ2) is 5.99. The number of benzene rings is 1. The number of amides is 1. The molecular weight excluding hydrogens is 304 g/mol. The fraction of sp³-hybridized carbons (Fsp3) is 0.0625. The molecule has 0 radical (unpaired) electrons. The quantitative estimate of drug-likeness (QED) is 0.755. The summed E-state index contributed by atoms with van der Waals surface area (Å²) in [6.45, 7) is 0.229. The number of aromatic nitrogens is 1. The molecule has 0 unspecified atom stereocenters. The Kier molecular flexibility index (Phi) is 3.89. The van der Waals surface area contributed by atoms with Crippen LogP contribution >= 0.6 is 11.6 Å². The summed E-state index contributed by atoms with van der Waals surface area (Å²) in [5.74, 6) is -0.513. The van der Waals surface area contributed by atoms with Gasteiger partial charge < -0.3 is 9.73 Å². The predicted molar refractivity (Wildman–Crippen MR) is 82.9 cm³/mol. The molecule has 110 valence electrons. The van der Waals surface area contributed by atoms with Gasteiger partial charge >= 0.3 is 5.63 Å². The van der Waals surface area contributed by atoms with Gasteiger partial charge in [-0.3, -0.25) is 9.78 Å². The lowest BCUT2D eigenvalue weighted by molar-refractivity contribution is 0.0947. The molecule has 0 spiro atoms. The lowest BCUT2D eigenvalue weighted by Crippen LogP contribution is -2.28. The van der Waals surface area contributed by atoms with Crippen LogP contribution in [0.5, 0.6) is 0 Å². The van der Waals surface area contributed by atoms with Gasteiger partial charge in [-0.25, -0.2) is 4.79 Å². The number of hydrogen-bond acceptors (Lipinski definition) is 4. The Hall–Kier alpha value is -2.66. The third kappa shape index (κ3) is 2.99. The zero-order valence-electron chi connectivity index (χ0n) is 11.4. The smallest absolute Gasteiger partial charge is 0.349 e.